The van der Waals surface area contributed by atoms with Crippen molar-refractivity contribution in [2.24, 2.45) is 11.3 Å². The molecule has 2 saturated heterocycles. The molecule has 1 N–H and O–H groups in total. The lowest BCUT2D eigenvalue weighted by Gasteiger charge is -2.40. The summed E-state index contributed by atoms with van der Waals surface area (Å²) in [7, 11) is 2.18. The summed E-state index contributed by atoms with van der Waals surface area (Å²) < 4.78 is 0. The van der Waals surface area contributed by atoms with E-state index in [-0.39, 0.29) is 6.04 Å². The lowest BCUT2D eigenvalue weighted by atomic mass is 9.80. The summed E-state index contributed by atoms with van der Waals surface area (Å²) in [6.45, 7) is 10.7. The minimum atomic E-state index is 0.0508. The number of rotatable bonds is 4. The molecule has 1 atom stereocenters. The predicted molar refractivity (Wildman–Crippen MR) is 77.8 cm³/mol. The van der Waals surface area contributed by atoms with Crippen LogP contribution in [-0.2, 0) is 4.79 Å². The molecule has 2 rings (SSSR count). The van der Waals surface area contributed by atoms with E-state index in [1.54, 1.807) is 0 Å². The summed E-state index contributed by atoms with van der Waals surface area (Å²) in [4.78, 5) is 16.8. The fraction of sp³-hybridized carbons (Fsp3) is 0.933. The molecule has 2 aliphatic heterocycles. The molecule has 2 aliphatic rings. The molecule has 0 bridgehead atoms. The summed E-state index contributed by atoms with van der Waals surface area (Å²) in [6.07, 6.45) is 3.35. The third-order valence-electron chi connectivity index (χ3n) is 4.61. The number of hydrogen-bond donors (Lipinski definition) is 1. The Morgan fingerprint density at radius 3 is 2.58 bits per heavy atom. The molecule has 4 nitrogen and oxygen atoms in total. The SMILES string of the molecule is CC(C)CC1NCN(CC2(C)CCN(C)CC2)C1=O. The molecule has 1 unspecified atom stereocenters. The first-order valence-corrected chi connectivity index (χ1v) is 7.60. The van der Waals surface area contributed by atoms with Crippen LogP contribution in [0.1, 0.15) is 40.0 Å². The number of hydrogen-bond acceptors (Lipinski definition) is 3. The van der Waals surface area contributed by atoms with Gasteiger partial charge in [0, 0.05) is 6.54 Å². The van der Waals surface area contributed by atoms with Crippen molar-refractivity contribution in [1.82, 2.24) is 15.1 Å². The van der Waals surface area contributed by atoms with E-state index in [9.17, 15) is 4.79 Å². The Bertz CT molecular complexity index is 321. The number of carbonyl (C=O) groups is 1. The van der Waals surface area contributed by atoms with Gasteiger partial charge in [-0.3, -0.25) is 10.1 Å². The van der Waals surface area contributed by atoms with Crippen LogP contribution in [0, 0.1) is 11.3 Å². The maximum absolute atomic E-state index is 12.4. The normalized spacial score (nSPS) is 28.4. The molecule has 0 aromatic rings. The number of amides is 1. The first-order valence-electron chi connectivity index (χ1n) is 7.60. The van der Waals surface area contributed by atoms with Gasteiger partial charge in [0.15, 0.2) is 0 Å². The zero-order valence-corrected chi connectivity index (χ0v) is 12.9. The van der Waals surface area contributed by atoms with Crippen LogP contribution in [0.5, 0.6) is 0 Å². The number of nitrogens with zero attached hydrogens (tertiary/aromatic N) is 2. The number of carbonyl (C=O) groups excluding carboxylic acids is 1. The fourth-order valence-corrected chi connectivity index (χ4v) is 3.17. The van der Waals surface area contributed by atoms with Gasteiger partial charge >= 0.3 is 0 Å². The van der Waals surface area contributed by atoms with Crippen molar-refractivity contribution in [3.8, 4) is 0 Å². The lowest BCUT2D eigenvalue weighted by Crippen LogP contribution is -2.44. The average molecular weight is 267 g/mol. The molecule has 0 radical (unpaired) electrons. The van der Waals surface area contributed by atoms with Gasteiger partial charge in [-0.05, 0) is 50.7 Å². The fourth-order valence-electron chi connectivity index (χ4n) is 3.17. The van der Waals surface area contributed by atoms with Crippen LogP contribution in [0.15, 0.2) is 0 Å². The van der Waals surface area contributed by atoms with Gasteiger partial charge < -0.3 is 9.80 Å². The molecule has 2 heterocycles. The van der Waals surface area contributed by atoms with Crippen LogP contribution in [-0.4, -0.2) is 55.1 Å². The maximum Gasteiger partial charge on any atom is 0.240 e. The molecule has 1 amide bonds. The summed E-state index contributed by atoms with van der Waals surface area (Å²) in [5.41, 5.74) is 0.302. The van der Waals surface area contributed by atoms with E-state index < -0.39 is 0 Å². The molecule has 0 aromatic heterocycles. The minimum absolute atomic E-state index is 0.0508. The minimum Gasteiger partial charge on any atom is -0.328 e. The summed E-state index contributed by atoms with van der Waals surface area (Å²) >= 11 is 0. The molecule has 0 saturated carbocycles. The van der Waals surface area contributed by atoms with E-state index in [0.29, 0.717) is 17.2 Å². The Morgan fingerprint density at radius 1 is 1.37 bits per heavy atom. The first kappa shape index (κ1) is 14.8. The molecule has 19 heavy (non-hydrogen) atoms. The van der Waals surface area contributed by atoms with Crippen molar-refractivity contribution < 1.29 is 4.79 Å². The second kappa shape index (κ2) is 5.80. The molecule has 110 valence electrons. The van der Waals surface area contributed by atoms with E-state index in [2.05, 4.69) is 38.0 Å². The smallest absolute Gasteiger partial charge is 0.240 e. The molecule has 0 aliphatic carbocycles. The van der Waals surface area contributed by atoms with Crippen molar-refractivity contribution in [2.75, 3.05) is 33.4 Å². The largest absolute Gasteiger partial charge is 0.328 e. The molecular weight excluding hydrogens is 238 g/mol. The highest BCUT2D eigenvalue weighted by atomic mass is 16.2. The summed E-state index contributed by atoms with van der Waals surface area (Å²) in [5, 5.41) is 3.37. The van der Waals surface area contributed by atoms with Crippen LogP contribution < -0.4 is 5.32 Å². The van der Waals surface area contributed by atoms with E-state index in [1.165, 1.54) is 12.8 Å². The average Bonchev–Trinajstić information content (AvgIpc) is 2.65. The van der Waals surface area contributed by atoms with Crippen LogP contribution in [0.2, 0.25) is 0 Å². The first-order chi connectivity index (χ1) is 8.89. The second-order valence-corrected chi connectivity index (χ2v) is 7.19. The van der Waals surface area contributed by atoms with Crippen molar-refractivity contribution in [1.29, 1.82) is 0 Å². The summed E-state index contributed by atoms with van der Waals surface area (Å²) in [6, 6.07) is 0.0508. The van der Waals surface area contributed by atoms with E-state index >= 15 is 0 Å². The van der Waals surface area contributed by atoms with E-state index in [4.69, 9.17) is 0 Å². The zero-order valence-electron chi connectivity index (χ0n) is 12.9. The van der Waals surface area contributed by atoms with Crippen molar-refractivity contribution >= 4 is 5.91 Å². The van der Waals surface area contributed by atoms with Crippen molar-refractivity contribution in [2.45, 2.75) is 46.1 Å². The Kier molecular flexibility index (Phi) is 4.51. The Labute approximate surface area is 117 Å². The third-order valence-corrected chi connectivity index (χ3v) is 4.61. The van der Waals surface area contributed by atoms with Gasteiger partial charge in [-0.2, -0.15) is 0 Å². The van der Waals surface area contributed by atoms with Gasteiger partial charge in [-0.1, -0.05) is 20.8 Å². The van der Waals surface area contributed by atoms with Gasteiger partial charge in [0.2, 0.25) is 5.91 Å². The molecular formula is C15H29N3O. The molecule has 4 heteroatoms. The second-order valence-electron chi connectivity index (χ2n) is 7.19. The monoisotopic (exact) mass is 267 g/mol. The number of nitrogens with one attached hydrogen (secondary N) is 1. The van der Waals surface area contributed by atoms with Crippen LogP contribution in [0.25, 0.3) is 0 Å². The highest BCUT2D eigenvalue weighted by Crippen LogP contribution is 2.32. The van der Waals surface area contributed by atoms with Gasteiger partial charge in [0.1, 0.15) is 0 Å². The van der Waals surface area contributed by atoms with E-state index in [1.807, 2.05) is 4.90 Å². The Hall–Kier alpha value is -0.610. The van der Waals surface area contributed by atoms with Gasteiger partial charge in [-0.15, -0.1) is 0 Å². The lowest BCUT2D eigenvalue weighted by molar-refractivity contribution is -0.130. The number of piperidine rings is 1. The zero-order chi connectivity index (χ0) is 14.0. The van der Waals surface area contributed by atoms with Gasteiger partial charge in [0.25, 0.3) is 0 Å². The highest BCUT2D eigenvalue weighted by molar-refractivity contribution is 5.83. The van der Waals surface area contributed by atoms with Gasteiger partial charge in [0.05, 0.1) is 12.7 Å². The van der Waals surface area contributed by atoms with Gasteiger partial charge in [-0.25, -0.2) is 0 Å². The quantitative estimate of drug-likeness (QED) is 0.839. The van der Waals surface area contributed by atoms with Crippen molar-refractivity contribution in [3.63, 3.8) is 0 Å². The standard InChI is InChI=1S/C15H29N3O/c1-12(2)9-13-14(19)18(11-16-13)10-15(3)5-7-17(4)8-6-15/h12-13,16H,5-11H2,1-4H3. The third kappa shape index (κ3) is 3.69. The molecule has 2 fully saturated rings. The highest BCUT2D eigenvalue weighted by Gasteiger charge is 2.37. The Balaban J connectivity index is 1.88. The summed E-state index contributed by atoms with van der Waals surface area (Å²) in [5.74, 6) is 0.883. The van der Waals surface area contributed by atoms with Crippen LogP contribution in [0.4, 0.5) is 0 Å². The molecule has 0 aromatic carbocycles. The molecule has 0 spiro atoms. The Morgan fingerprint density at radius 2 is 2.00 bits per heavy atom. The number of likely N-dealkylation sites (tertiary alicyclic amines) is 1. The maximum atomic E-state index is 12.4. The predicted octanol–water partition coefficient (Wildman–Crippen LogP) is 1.52. The topological polar surface area (TPSA) is 35.6 Å². The van der Waals surface area contributed by atoms with Crippen molar-refractivity contribution in [3.05, 3.63) is 0 Å². The van der Waals surface area contributed by atoms with E-state index in [0.717, 1.165) is 32.7 Å². The van der Waals surface area contributed by atoms with Crippen LogP contribution >= 0.6 is 0 Å². The van der Waals surface area contributed by atoms with Crippen LogP contribution in [0.3, 0.4) is 0 Å².